The smallest absolute Gasteiger partial charge is 0.125 e. The maximum atomic E-state index is 10.7. The summed E-state index contributed by atoms with van der Waals surface area (Å²) in [7, 11) is 0. The molecule has 0 bridgehead atoms. The van der Waals surface area contributed by atoms with Gasteiger partial charge in [0, 0.05) is 5.56 Å². The Morgan fingerprint density at radius 2 is 1.90 bits per heavy atom. The maximum Gasteiger partial charge on any atom is 0.125 e. The Bertz CT molecular complexity index is 427. The highest BCUT2D eigenvalue weighted by molar-refractivity contribution is 5.41. The van der Waals surface area contributed by atoms with Crippen molar-refractivity contribution >= 4 is 0 Å². The van der Waals surface area contributed by atoms with Crippen molar-refractivity contribution in [3.8, 4) is 5.75 Å². The van der Waals surface area contributed by atoms with Gasteiger partial charge in [0.1, 0.15) is 18.5 Å². The van der Waals surface area contributed by atoms with Crippen LogP contribution in [0.25, 0.3) is 0 Å². The zero-order valence-electron chi connectivity index (χ0n) is 12.9. The van der Waals surface area contributed by atoms with Gasteiger partial charge in [0.05, 0.1) is 6.04 Å². The van der Waals surface area contributed by atoms with Gasteiger partial charge in [-0.05, 0) is 50.0 Å². The van der Waals surface area contributed by atoms with Crippen molar-refractivity contribution in [2.24, 2.45) is 0 Å². The van der Waals surface area contributed by atoms with Gasteiger partial charge in [-0.15, -0.1) is 0 Å². The SMILES string of the molecule is CCCN(CCC)C1COc2ccc(CC)cc2C1O. The van der Waals surface area contributed by atoms with Crippen molar-refractivity contribution in [1.82, 2.24) is 4.90 Å². The van der Waals surface area contributed by atoms with E-state index in [1.165, 1.54) is 5.56 Å². The van der Waals surface area contributed by atoms with Gasteiger partial charge in [0.25, 0.3) is 0 Å². The van der Waals surface area contributed by atoms with Gasteiger partial charge in [-0.25, -0.2) is 0 Å². The molecule has 1 aliphatic rings. The molecule has 1 aromatic carbocycles. The highest BCUT2D eigenvalue weighted by Crippen LogP contribution is 2.35. The van der Waals surface area contributed by atoms with E-state index in [1.54, 1.807) is 0 Å². The molecule has 0 amide bonds. The van der Waals surface area contributed by atoms with Crippen LogP contribution < -0.4 is 4.74 Å². The lowest BCUT2D eigenvalue weighted by atomic mass is 9.95. The Balaban J connectivity index is 2.22. The van der Waals surface area contributed by atoms with E-state index in [9.17, 15) is 5.11 Å². The Kier molecular flexibility index (Phi) is 5.44. The summed E-state index contributed by atoms with van der Waals surface area (Å²) in [5.74, 6) is 0.846. The minimum Gasteiger partial charge on any atom is -0.491 e. The second-order valence-electron chi connectivity index (χ2n) is 5.58. The Labute approximate surface area is 122 Å². The molecular weight excluding hydrogens is 250 g/mol. The lowest BCUT2D eigenvalue weighted by molar-refractivity contribution is 0.00325. The fourth-order valence-electron chi connectivity index (χ4n) is 2.98. The van der Waals surface area contributed by atoms with Crippen molar-refractivity contribution in [3.63, 3.8) is 0 Å². The summed E-state index contributed by atoms with van der Waals surface area (Å²) < 4.78 is 5.88. The number of hydrogen-bond donors (Lipinski definition) is 1. The van der Waals surface area contributed by atoms with Gasteiger partial charge in [-0.2, -0.15) is 0 Å². The van der Waals surface area contributed by atoms with Crippen LogP contribution >= 0.6 is 0 Å². The number of aliphatic hydroxyl groups excluding tert-OH is 1. The maximum absolute atomic E-state index is 10.7. The minimum absolute atomic E-state index is 0.0782. The van der Waals surface area contributed by atoms with Crippen LogP contribution in [0.5, 0.6) is 5.75 Å². The lowest BCUT2D eigenvalue weighted by Gasteiger charge is -2.38. The first-order valence-corrected chi connectivity index (χ1v) is 7.88. The Morgan fingerprint density at radius 1 is 1.20 bits per heavy atom. The van der Waals surface area contributed by atoms with Gasteiger partial charge in [-0.3, -0.25) is 4.90 Å². The van der Waals surface area contributed by atoms with Crippen molar-refractivity contribution < 1.29 is 9.84 Å². The number of aliphatic hydroxyl groups is 1. The van der Waals surface area contributed by atoms with Crippen LogP contribution in [0.1, 0.15) is 50.8 Å². The molecular formula is C17H27NO2. The fourth-order valence-corrected chi connectivity index (χ4v) is 2.98. The summed E-state index contributed by atoms with van der Waals surface area (Å²) in [6.45, 7) is 9.11. The molecule has 2 rings (SSSR count). The Hall–Kier alpha value is -1.06. The number of nitrogens with zero attached hydrogens (tertiary/aromatic N) is 1. The second-order valence-corrected chi connectivity index (χ2v) is 5.58. The van der Waals surface area contributed by atoms with Crippen molar-refractivity contribution in [2.45, 2.75) is 52.2 Å². The zero-order chi connectivity index (χ0) is 14.5. The molecule has 112 valence electrons. The van der Waals surface area contributed by atoms with Gasteiger partial charge in [0.15, 0.2) is 0 Å². The van der Waals surface area contributed by atoms with E-state index in [2.05, 4.69) is 37.8 Å². The van der Waals surface area contributed by atoms with E-state index in [0.29, 0.717) is 6.61 Å². The highest BCUT2D eigenvalue weighted by Gasteiger charge is 2.33. The number of ether oxygens (including phenoxy) is 1. The number of hydrogen-bond acceptors (Lipinski definition) is 3. The summed E-state index contributed by atoms with van der Waals surface area (Å²) in [6, 6.07) is 6.26. The molecule has 1 N–H and O–H groups in total. The number of benzene rings is 1. The molecule has 0 fully saturated rings. The molecule has 3 heteroatoms. The first kappa shape index (κ1) is 15.3. The van der Waals surface area contributed by atoms with Crippen LogP contribution in [-0.4, -0.2) is 35.7 Å². The predicted molar refractivity (Wildman–Crippen MR) is 82.2 cm³/mol. The van der Waals surface area contributed by atoms with Gasteiger partial charge >= 0.3 is 0 Å². The molecule has 1 heterocycles. The van der Waals surface area contributed by atoms with E-state index >= 15 is 0 Å². The zero-order valence-corrected chi connectivity index (χ0v) is 12.9. The third-order valence-electron chi connectivity index (χ3n) is 4.07. The van der Waals surface area contributed by atoms with Crippen LogP contribution in [-0.2, 0) is 6.42 Å². The first-order chi connectivity index (χ1) is 9.71. The molecule has 0 aliphatic carbocycles. The number of rotatable bonds is 6. The van der Waals surface area contributed by atoms with Crippen molar-refractivity contribution in [2.75, 3.05) is 19.7 Å². The van der Waals surface area contributed by atoms with Crippen molar-refractivity contribution in [3.05, 3.63) is 29.3 Å². The van der Waals surface area contributed by atoms with Crippen LogP contribution in [0.4, 0.5) is 0 Å². The minimum atomic E-state index is -0.441. The molecule has 2 atom stereocenters. The average molecular weight is 277 g/mol. The molecule has 2 unspecified atom stereocenters. The second kappa shape index (κ2) is 7.09. The summed E-state index contributed by atoms with van der Waals surface area (Å²) in [4.78, 5) is 2.37. The van der Waals surface area contributed by atoms with Crippen LogP contribution in [0, 0.1) is 0 Å². The molecule has 0 aromatic heterocycles. The van der Waals surface area contributed by atoms with Gasteiger partial charge in [-0.1, -0.05) is 26.8 Å². The van der Waals surface area contributed by atoms with E-state index in [-0.39, 0.29) is 6.04 Å². The van der Waals surface area contributed by atoms with E-state index < -0.39 is 6.10 Å². The van der Waals surface area contributed by atoms with E-state index in [1.807, 2.05) is 6.07 Å². The van der Waals surface area contributed by atoms with Crippen LogP contribution in [0.3, 0.4) is 0 Å². The molecule has 20 heavy (non-hydrogen) atoms. The average Bonchev–Trinajstić information content (AvgIpc) is 2.47. The Morgan fingerprint density at radius 3 is 2.50 bits per heavy atom. The highest BCUT2D eigenvalue weighted by atomic mass is 16.5. The molecule has 1 aliphatic heterocycles. The standard InChI is InChI=1S/C17H27NO2/c1-4-9-18(10-5-2)15-12-20-16-8-7-13(6-3)11-14(16)17(15)19/h7-8,11,15,17,19H,4-6,9-10,12H2,1-3H3. The van der Waals surface area contributed by atoms with Gasteiger partial charge < -0.3 is 9.84 Å². The molecule has 1 aromatic rings. The largest absolute Gasteiger partial charge is 0.491 e. The molecule has 3 nitrogen and oxygen atoms in total. The van der Waals surface area contributed by atoms with Crippen LogP contribution in [0.2, 0.25) is 0 Å². The summed E-state index contributed by atoms with van der Waals surface area (Å²) in [5.41, 5.74) is 2.21. The lowest BCUT2D eigenvalue weighted by Crippen LogP contribution is -2.46. The summed E-state index contributed by atoms with van der Waals surface area (Å²) in [5, 5.41) is 10.7. The van der Waals surface area contributed by atoms with Gasteiger partial charge in [0.2, 0.25) is 0 Å². The molecule has 0 saturated heterocycles. The topological polar surface area (TPSA) is 32.7 Å². The number of fused-ring (bicyclic) bond motifs is 1. The monoisotopic (exact) mass is 277 g/mol. The third-order valence-corrected chi connectivity index (χ3v) is 4.07. The molecule has 0 saturated carbocycles. The first-order valence-electron chi connectivity index (χ1n) is 7.88. The summed E-state index contributed by atoms with van der Waals surface area (Å²) in [6.07, 6.45) is 2.75. The predicted octanol–water partition coefficient (Wildman–Crippen LogP) is 3.17. The quantitative estimate of drug-likeness (QED) is 0.867. The fraction of sp³-hybridized carbons (Fsp3) is 0.647. The van der Waals surface area contributed by atoms with Crippen LogP contribution in [0.15, 0.2) is 18.2 Å². The normalized spacial score (nSPS) is 21.6. The van der Waals surface area contributed by atoms with E-state index in [4.69, 9.17) is 4.74 Å². The molecule has 0 radical (unpaired) electrons. The van der Waals surface area contributed by atoms with E-state index in [0.717, 1.165) is 43.7 Å². The third kappa shape index (κ3) is 3.15. The molecule has 0 spiro atoms. The number of aryl methyl sites for hydroxylation is 1. The summed E-state index contributed by atoms with van der Waals surface area (Å²) >= 11 is 0. The van der Waals surface area contributed by atoms with Crippen molar-refractivity contribution in [1.29, 1.82) is 0 Å².